The average molecular weight is 269 g/mol. The minimum atomic E-state index is 0.829. The summed E-state index contributed by atoms with van der Waals surface area (Å²) in [7, 11) is 6.31. The molecule has 0 amide bonds. The first-order chi connectivity index (χ1) is 8.69. The number of nitrogens with zero attached hydrogens (tertiary/aromatic N) is 4. The zero-order valence-electron chi connectivity index (χ0n) is 11.5. The molecule has 1 aliphatic rings. The maximum Gasteiger partial charge on any atom is 0.134 e. The van der Waals surface area contributed by atoms with Crippen molar-refractivity contribution in [2.75, 3.05) is 46.1 Å². The van der Waals surface area contributed by atoms with Crippen molar-refractivity contribution in [3.63, 3.8) is 0 Å². The number of nitrogens with one attached hydrogen (secondary N) is 1. The number of anilines is 1. The van der Waals surface area contributed by atoms with E-state index in [2.05, 4.69) is 38.8 Å². The largest absolute Gasteiger partial charge is 0.377 e. The molecule has 1 fully saturated rings. The van der Waals surface area contributed by atoms with Gasteiger partial charge in [-0.15, -0.1) is 5.10 Å². The van der Waals surface area contributed by atoms with Crippen molar-refractivity contribution >= 4 is 16.5 Å². The van der Waals surface area contributed by atoms with Crippen molar-refractivity contribution in [2.24, 2.45) is 5.92 Å². The minimum absolute atomic E-state index is 0.829. The summed E-state index contributed by atoms with van der Waals surface area (Å²) in [5.41, 5.74) is 1.07. The van der Waals surface area contributed by atoms with Crippen LogP contribution in [-0.2, 0) is 6.54 Å². The molecule has 0 saturated carbocycles. The summed E-state index contributed by atoms with van der Waals surface area (Å²) in [6.07, 6.45) is 2.63. The highest BCUT2D eigenvalue weighted by Crippen LogP contribution is 2.20. The van der Waals surface area contributed by atoms with Gasteiger partial charge in [-0.2, -0.15) is 0 Å². The van der Waals surface area contributed by atoms with Gasteiger partial charge >= 0.3 is 0 Å². The van der Waals surface area contributed by atoms with Crippen LogP contribution in [0, 0.1) is 5.92 Å². The van der Waals surface area contributed by atoms with Crippen molar-refractivity contribution in [2.45, 2.75) is 19.4 Å². The topological polar surface area (TPSA) is 44.3 Å². The van der Waals surface area contributed by atoms with Gasteiger partial charge in [0.05, 0.1) is 0 Å². The molecule has 0 atom stereocenters. The van der Waals surface area contributed by atoms with Crippen molar-refractivity contribution < 1.29 is 0 Å². The number of rotatable bonds is 5. The highest BCUT2D eigenvalue weighted by molar-refractivity contribution is 7.10. The molecule has 0 aliphatic carbocycles. The van der Waals surface area contributed by atoms with Crippen LogP contribution in [0.5, 0.6) is 0 Å². The zero-order valence-corrected chi connectivity index (χ0v) is 12.3. The Balaban J connectivity index is 1.80. The van der Waals surface area contributed by atoms with Crippen LogP contribution in [0.2, 0.25) is 0 Å². The third-order valence-electron chi connectivity index (χ3n) is 3.61. The second-order valence-electron chi connectivity index (χ2n) is 5.24. The lowest BCUT2D eigenvalue weighted by molar-refractivity contribution is 0.173. The van der Waals surface area contributed by atoms with Gasteiger partial charge in [0.2, 0.25) is 0 Å². The molecule has 2 heterocycles. The molecule has 102 valence electrons. The summed E-state index contributed by atoms with van der Waals surface area (Å²) in [4.78, 5) is 4.79. The molecular weight excluding hydrogens is 246 g/mol. The Kier molecular flexibility index (Phi) is 4.91. The smallest absolute Gasteiger partial charge is 0.134 e. The van der Waals surface area contributed by atoms with Crippen LogP contribution in [0.25, 0.3) is 0 Å². The standard InChI is InChI=1S/C12H23N5S/c1-13-12-11(14-15-18-12)9-17(3)8-10-4-6-16(2)7-5-10/h10,13H,4-9H2,1-3H3. The predicted octanol–water partition coefficient (Wildman–Crippen LogP) is 1.35. The molecule has 0 unspecified atom stereocenters. The first kappa shape index (κ1) is 13.7. The van der Waals surface area contributed by atoms with Crippen LogP contribution in [0.4, 0.5) is 5.00 Å². The first-order valence-electron chi connectivity index (χ1n) is 6.55. The number of likely N-dealkylation sites (tertiary alicyclic amines) is 1. The zero-order chi connectivity index (χ0) is 13.0. The summed E-state index contributed by atoms with van der Waals surface area (Å²) in [6.45, 7) is 4.52. The van der Waals surface area contributed by atoms with Gasteiger partial charge < -0.3 is 15.1 Å². The number of aromatic nitrogens is 2. The third-order valence-corrected chi connectivity index (χ3v) is 4.40. The monoisotopic (exact) mass is 269 g/mol. The maximum atomic E-state index is 4.19. The minimum Gasteiger partial charge on any atom is -0.377 e. The Hall–Kier alpha value is -0.720. The van der Waals surface area contributed by atoms with Crippen LogP contribution in [0.15, 0.2) is 0 Å². The molecule has 6 heteroatoms. The third kappa shape index (κ3) is 3.63. The van der Waals surface area contributed by atoms with Gasteiger partial charge in [0, 0.05) is 31.7 Å². The average Bonchev–Trinajstić information content (AvgIpc) is 2.79. The molecular formula is C12H23N5S. The van der Waals surface area contributed by atoms with Crippen LogP contribution < -0.4 is 5.32 Å². The molecule has 1 aromatic heterocycles. The highest BCUT2D eigenvalue weighted by atomic mass is 32.1. The van der Waals surface area contributed by atoms with Gasteiger partial charge in [0.15, 0.2) is 0 Å². The van der Waals surface area contributed by atoms with Crippen molar-refractivity contribution in [3.05, 3.63) is 5.69 Å². The molecule has 0 bridgehead atoms. The lowest BCUT2D eigenvalue weighted by Gasteiger charge is -2.31. The van der Waals surface area contributed by atoms with Gasteiger partial charge in [-0.05, 0) is 45.9 Å². The lowest BCUT2D eigenvalue weighted by atomic mass is 9.97. The Labute approximate surface area is 113 Å². The predicted molar refractivity (Wildman–Crippen MR) is 76.0 cm³/mol. The van der Waals surface area contributed by atoms with E-state index in [1.807, 2.05) is 7.05 Å². The van der Waals surface area contributed by atoms with Crippen LogP contribution >= 0.6 is 11.5 Å². The lowest BCUT2D eigenvalue weighted by Crippen LogP contribution is -2.35. The molecule has 18 heavy (non-hydrogen) atoms. The van der Waals surface area contributed by atoms with Crippen LogP contribution in [0.1, 0.15) is 18.5 Å². The Morgan fingerprint density at radius 3 is 2.83 bits per heavy atom. The van der Waals surface area contributed by atoms with Crippen LogP contribution in [0.3, 0.4) is 0 Å². The Morgan fingerprint density at radius 2 is 2.17 bits per heavy atom. The van der Waals surface area contributed by atoms with E-state index >= 15 is 0 Å². The van der Waals surface area contributed by atoms with Crippen molar-refractivity contribution in [3.8, 4) is 0 Å². The summed E-state index contributed by atoms with van der Waals surface area (Å²) in [6, 6.07) is 0. The van der Waals surface area contributed by atoms with E-state index in [-0.39, 0.29) is 0 Å². The van der Waals surface area contributed by atoms with E-state index in [0.717, 1.165) is 29.7 Å². The van der Waals surface area contributed by atoms with Gasteiger partial charge in [0.25, 0.3) is 0 Å². The van der Waals surface area contributed by atoms with E-state index in [4.69, 9.17) is 0 Å². The summed E-state index contributed by atoms with van der Waals surface area (Å²) < 4.78 is 4.00. The molecule has 0 radical (unpaired) electrons. The van der Waals surface area contributed by atoms with Gasteiger partial charge in [-0.25, -0.2) is 0 Å². The normalized spacial score (nSPS) is 18.4. The van der Waals surface area contributed by atoms with E-state index in [1.54, 1.807) is 0 Å². The molecule has 1 saturated heterocycles. The fraction of sp³-hybridized carbons (Fsp3) is 0.833. The second-order valence-corrected chi connectivity index (χ2v) is 6.00. The van der Waals surface area contributed by atoms with E-state index in [9.17, 15) is 0 Å². The van der Waals surface area contributed by atoms with E-state index < -0.39 is 0 Å². The second kappa shape index (κ2) is 6.45. The van der Waals surface area contributed by atoms with Crippen molar-refractivity contribution in [1.29, 1.82) is 0 Å². The van der Waals surface area contributed by atoms with Gasteiger partial charge in [0.1, 0.15) is 10.7 Å². The molecule has 0 spiro atoms. The molecule has 5 nitrogen and oxygen atoms in total. The van der Waals surface area contributed by atoms with Gasteiger partial charge in [-0.1, -0.05) is 4.49 Å². The molecule has 1 N–H and O–H groups in total. The molecule has 2 rings (SSSR count). The Morgan fingerprint density at radius 1 is 1.44 bits per heavy atom. The molecule has 0 aromatic carbocycles. The highest BCUT2D eigenvalue weighted by Gasteiger charge is 2.19. The summed E-state index contributed by atoms with van der Waals surface area (Å²) >= 11 is 1.43. The van der Waals surface area contributed by atoms with E-state index in [0.29, 0.717) is 0 Å². The molecule has 1 aromatic rings. The van der Waals surface area contributed by atoms with E-state index in [1.165, 1.54) is 37.5 Å². The van der Waals surface area contributed by atoms with Crippen LogP contribution in [-0.4, -0.2) is 60.2 Å². The number of piperidine rings is 1. The number of hydrogen-bond acceptors (Lipinski definition) is 6. The summed E-state index contributed by atoms with van der Waals surface area (Å²) in [5.74, 6) is 0.829. The fourth-order valence-corrected chi connectivity index (χ4v) is 3.03. The first-order valence-corrected chi connectivity index (χ1v) is 7.32. The quantitative estimate of drug-likeness (QED) is 0.874. The van der Waals surface area contributed by atoms with Crippen molar-refractivity contribution in [1.82, 2.24) is 19.4 Å². The molecule has 1 aliphatic heterocycles. The number of hydrogen-bond donors (Lipinski definition) is 1. The SMILES string of the molecule is CNc1snnc1CN(C)CC1CCN(C)CC1. The summed E-state index contributed by atoms with van der Waals surface area (Å²) in [5, 5.41) is 8.43. The fourth-order valence-electron chi connectivity index (χ4n) is 2.51. The van der Waals surface area contributed by atoms with Gasteiger partial charge in [-0.3, -0.25) is 0 Å². The maximum absolute atomic E-state index is 4.19. The Bertz CT molecular complexity index is 359.